The van der Waals surface area contributed by atoms with Gasteiger partial charge in [-0.25, -0.2) is 0 Å². The summed E-state index contributed by atoms with van der Waals surface area (Å²) in [4.78, 5) is 2.27. The molecule has 0 fully saturated rings. The van der Waals surface area contributed by atoms with Gasteiger partial charge in [0.25, 0.3) is 0 Å². The van der Waals surface area contributed by atoms with E-state index in [0.29, 0.717) is 0 Å². The summed E-state index contributed by atoms with van der Waals surface area (Å²) in [7, 11) is 2.11. The summed E-state index contributed by atoms with van der Waals surface area (Å²) >= 11 is 0. The zero-order chi connectivity index (χ0) is 13.4. The lowest BCUT2D eigenvalue weighted by Crippen LogP contribution is -2.32. The maximum atomic E-state index is 7.75. The van der Waals surface area contributed by atoms with Crippen LogP contribution in [0.3, 0.4) is 0 Å². The van der Waals surface area contributed by atoms with Gasteiger partial charge in [-0.3, -0.25) is 5.41 Å². The van der Waals surface area contributed by atoms with E-state index in [1.54, 1.807) is 0 Å². The third kappa shape index (κ3) is 4.88. The molecule has 0 bridgehead atoms. The van der Waals surface area contributed by atoms with Gasteiger partial charge in [0, 0.05) is 6.54 Å². The zero-order valence-corrected chi connectivity index (χ0v) is 11.5. The standard InChI is InChI=1S/C15H25N3/c1-3-4-8-11-18(2)12-14(15(16)17)13-9-6-5-7-10-13/h5-7,9-10,14H,3-4,8,11-12H2,1-2H3,(H3,16,17). The smallest absolute Gasteiger partial charge is 0.0995 e. The van der Waals surface area contributed by atoms with Gasteiger partial charge in [0.15, 0.2) is 0 Å². The third-order valence-electron chi connectivity index (χ3n) is 3.21. The maximum absolute atomic E-state index is 7.75. The first kappa shape index (κ1) is 14.7. The van der Waals surface area contributed by atoms with Gasteiger partial charge in [-0.15, -0.1) is 0 Å². The lowest BCUT2D eigenvalue weighted by Gasteiger charge is -2.23. The lowest BCUT2D eigenvalue weighted by molar-refractivity contribution is 0.321. The van der Waals surface area contributed by atoms with Crippen LogP contribution in [-0.4, -0.2) is 30.9 Å². The van der Waals surface area contributed by atoms with Crippen molar-refractivity contribution < 1.29 is 0 Å². The van der Waals surface area contributed by atoms with Crippen LogP contribution in [0.15, 0.2) is 30.3 Å². The van der Waals surface area contributed by atoms with Gasteiger partial charge in [0.1, 0.15) is 0 Å². The molecule has 0 spiro atoms. The van der Waals surface area contributed by atoms with Gasteiger partial charge in [0.2, 0.25) is 0 Å². The number of rotatable bonds is 8. The van der Waals surface area contributed by atoms with E-state index >= 15 is 0 Å². The molecule has 1 aromatic rings. The minimum atomic E-state index is 0.0119. The maximum Gasteiger partial charge on any atom is 0.0995 e. The van der Waals surface area contributed by atoms with Crippen molar-refractivity contribution in [3.8, 4) is 0 Å². The molecule has 3 heteroatoms. The Labute approximate surface area is 111 Å². The van der Waals surface area contributed by atoms with E-state index < -0.39 is 0 Å². The summed E-state index contributed by atoms with van der Waals surface area (Å²) in [5.74, 6) is 0.265. The molecule has 0 radical (unpaired) electrons. The molecule has 0 aliphatic carbocycles. The highest BCUT2D eigenvalue weighted by molar-refractivity contribution is 5.84. The van der Waals surface area contributed by atoms with Crippen LogP contribution in [0.2, 0.25) is 0 Å². The van der Waals surface area contributed by atoms with Crippen LogP contribution in [0.5, 0.6) is 0 Å². The molecule has 1 rings (SSSR count). The van der Waals surface area contributed by atoms with Gasteiger partial charge in [-0.2, -0.15) is 0 Å². The number of amidine groups is 1. The van der Waals surface area contributed by atoms with Crippen molar-refractivity contribution in [2.75, 3.05) is 20.1 Å². The summed E-state index contributed by atoms with van der Waals surface area (Å²) in [6, 6.07) is 10.1. The molecule has 0 heterocycles. The van der Waals surface area contributed by atoms with Crippen LogP contribution >= 0.6 is 0 Å². The SMILES string of the molecule is CCCCCN(C)CC(C(=N)N)c1ccccc1. The molecule has 0 aliphatic heterocycles. The minimum Gasteiger partial charge on any atom is -0.387 e. The number of hydrogen-bond donors (Lipinski definition) is 2. The zero-order valence-electron chi connectivity index (χ0n) is 11.5. The molecule has 100 valence electrons. The second kappa shape index (κ2) is 7.88. The number of unbranched alkanes of at least 4 members (excludes halogenated alkanes) is 2. The molecule has 0 aliphatic rings. The highest BCUT2D eigenvalue weighted by atomic mass is 15.1. The fourth-order valence-corrected chi connectivity index (χ4v) is 2.10. The van der Waals surface area contributed by atoms with Crippen molar-refractivity contribution in [2.45, 2.75) is 32.1 Å². The fourth-order valence-electron chi connectivity index (χ4n) is 2.10. The van der Waals surface area contributed by atoms with E-state index in [-0.39, 0.29) is 11.8 Å². The van der Waals surface area contributed by atoms with Crippen LogP contribution < -0.4 is 5.73 Å². The summed E-state index contributed by atoms with van der Waals surface area (Å²) in [5.41, 5.74) is 6.86. The van der Waals surface area contributed by atoms with Crippen molar-refractivity contribution in [3.05, 3.63) is 35.9 Å². The molecule has 18 heavy (non-hydrogen) atoms. The number of likely N-dealkylation sites (N-methyl/N-ethyl adjacent to an activating group) is 1. The fraction of sp³-hybridized carbons (Fsp3) is 0.533. The number of benzene rings is 1. The first-order chi connectivity index (χ1) is 8.65. The van der Waals surface area contributed by atoms with Crippen molar-refractivity contribution in [3.63, 3.8) is 0 Å². The Bertz CT molecular complexity index is 348. The molecule has 0 saturated carbocycles. The first-order valence-electron chi connectivity index (χ1n) is 6.72. The molecule has 0 amide bonds. The summed E-state index contributed by atoms with van der Waals surface area (Å²) < 4.78 is 0. The highest BCUT2D eigenvalue weighted by Gasteiger charge is 2.16. The third-order valence-corrected chi connectivity index (χ3v) is 3.21. The van der Waals surface area contributed by atoms with Crippen molar-refractivity contribution in [1.82, 2.24) is 4.90 Å². The number of nitrogens with zero attached hydrogens (tertiary/aromatic N) is 1. The average Bonchev–Trinajstić information content (AvgIpc) is 2.37. The first-order valence-corrected chi connectivity index (χ1v) is 6.72. The van der Waals surface area contributed by atoms with Crippen molar-refractivity contribution in [2.24, 2.45) is 5.73 Å². The van der Waals surface area contributed by atoms with Gasteiger partial charge >= 0.3 is 0 Å². The van der Waals surface area contributed by atoms with Crippen molar-refractivity contribution in [1.29, 1.82) is 5.41 Å². The second-order valence-corrected chi connectivity index (χ2v) is 4.89. The van der Waals surface area contributed by atoms with E-state index in [1.807, 2.05) is 30.3 Å². The quantitative estimate of drug-likeness (QED) is 0.421. The van der Waals surface area contributed by atoms with Crippen LogP contribution in [0.1, 0.15) is 37.7 Å². The molecule has 3 N–H and O–H groups in total. The van der Waals surface area contributed by atoms with Crippen LogP contribution in [0, 0.1) is 5.41 Å². The Hall–Kier alpha value is -1.35. The van der Waals surface area contributed by atoms with E-state index in [2.05, 4.69) is 18.9 Å². The van der Waals surface area contributed by atoms with Crippen molar-refractivity contribution >= 4 is 5.84 Å². The lowest BCUT2D eigenvalue weighted by atomic mass is 9.97. The van der Waals surface area contributed by atoms with E-state index in [9.17, 15) is 0 Å². The Morgan fingerprint density at radius 3 is 2.50 bits per heavy atom. The number of nitrogens with two attached hydrogens (primary N) is 1. The molecule has 0 aromatic heterocycles. The highest BCUT2D eigenvalue weighted by Crippen LogP contribution is 2.16. The van der Waals surface area contributed by atoms with E-state index in [0.717, 1.165) is 18.7 Å². The molecule has 0 saturated heterocycles. The molecule has 3 nitrogen and oxygen atoms in total. The summed E-state index contributed by atoms with van der Waals surface area (Å²) in [6.07, 6.45) is 3.72. The summed E-state index contributed by atoms with van der Waals surface area (Å²) in [5, 5.41) is 7.75. The Balaban J connectivity index is 2.56. The normalized spacial score (nSPS) is 12.6. The second-order valence-electron chi connectivity index (χ2n) is 4.89. The summed E-state index contributed by atoms with van der Waals surface area (Å²) in [6.45, 7) is 4.11. The van der Waals surface area contributed by atoms with Crippen LogP contribution in [-0.2, 0) is 0 Å². The molecule has 1 unspecified atom stereocenters. The Morgan fingerprint density at radius 2 is 1.94 bits per heavy atom. The van der Waals surface area contributed by atoms with Gasteiger partial charge < -0.3 is 10.6 Å². The predicted molar refractivity (Wildman–Crippen MR) is 78.1 cm³/mol. The largest absolute Gasteiger partial charge is 0.387 e. The Morgan fingerprint density at radius 1 is 1.28 bits per heavy atom. The predicted octanol–water partition coefficient (Wildman–Crippen LogP) is 2.83. The number of hydrogen-bond acceptors (Lipinski definition) is 2. The van der Waals surface area contributed by atoms with Gasteiger partial charge in [-0.05, 0) is 25.6 Å². The van der Waals surface area contributed by atoms with E-state index in [4.69, 9.17) is 11.1 Å². The number of nitrogens with one attached hydrogen (secondary N) is 1. The van der Waals surface area contributed by atoms with Crippen LogP contribution in [0.4, 0.5) is 0 Å². The van der Waals surface area contributed by atoms with E-state index in [1.165, 1.54) is 19.3 Å². The molecular formula is C15H25N3. The van der Waals surface area contributed by atoms with Gasteiger partial charge in [0.05, 0.1) is 11.8 Å². The molecular weight excluding hydrogens is 222 g/mol. The van der Waals surface area contributed by atoms with Gasteiger partial charge in [-0.1, -0.05) is 50.1 Å². The average molecular weight is 247 g/mol. The Kier molecular flexibility index (Phi) is 6.44. The minimum absolute atomic E-state index is 0.0119. The molecule has 1 aromatic carbocycles. The molecule has 1 atom stereocenters. The monoisotopic (exact) mass is 247 g/mol. The van der Waals surface area contributed by atoms with Crippen LogP contribution in [0.25, 0.3) is 0 Å². The topological polar surface area (TPSA) is 53.1 Å².